The second kappa shape index (κ2) is 4.87. The first-order chi connectivity index (χ1) is 5.49. The zero-order chi connectivity index (χ0) is 9.72. The van der Waals surface area contributed by atoms with Gasteiger partial charge in [0.2, 0.25) is 0 Å². The summed E-state index contributed by atoms with van der Waals surface area (Å²) in [5.41, 5.74) is 0. The second-order valence-electron chi connectivity index (χ2n) is 2.49. The Labute approximate surface area is 72.1 Å². The van der Waals surface area contributed by atoms with Crippen LogP contribution >= 0.6 is 0 Å². The van der Waals surface area contributed by atoms with Gasteiger partial charge in [-0.05, 0) is 5.92 Å². The summed E-state index contributed by atoms with van der Waals surface area (Å²) in [6.45, 7) is 3.43. The average Bonchev–Trinajstić information content (AvgIpc) is 1.98. The molecule has 0 fully saturated rings. The topological polar surface area (TPSA) is 83.8 Å². The molecule has 0 heterocycles. The van der Waals surface area contributed by atoms with Gasteiger partial charge in [0.15, 0.2) is 6.04 Å². The van der Waals surface area contributed by atoms with Gasteiger partial charge in [0.1, 0.15) is 0 Å². The fraction of sp³-hybridized carbons (Fsp3) is 0.833. The van der Waals surface area contributed by atoms with Crippen LogP contribution in [0.5, 0.6) is 0 Å². The molecule has 0 aliphatic heterocycles. The summed E-state index contributed by atoms with van der Waals surface area (Å²) in [5, 5.41) is 8.56. The third-order valence-corrected chi connectivity index (χ3v) is 2.03. The molecule has 0 rings (SSSR count). The van der Waals surface area contributed by atoms with Gasteiger partial charge in [-0.1, -0.05) is 20.3 Å². The molecule has 0 aromatic heterocycles. The molecule has 12 heavy (non-hydrogen) atoms. The number of carboxylic acids is 1. The molecule has 2 unspecified atom stereocenters. The van der Waals surface area contributed by atoms with Crippen molar-refractivity contribution in [1.29, 1.82) is 0 Å². The van der Waals surface area contributed by atoms with Crippen LogP contribution in [0.4, 0.5) is 0 Å². The van der Waals surface area contributed by atoms with E-state index in [4.69, 9.17) is 5.11 Å². The highest BCUT2D eigenvalue weighted by Crippen LogP contribution is 2.11. The van der Waals surface area contributed by atoms with Crippen molar-refractivity contribution >= 4 is 16.5 Å². The van der Waals surface area contributed by atoms with Crippen LogP contribution in [0.3, 0.4) is 0 Å². The molecule has 70 valence electrons. The number of aliphatic carboxylic acids is 1. The molecule has 0 bridgehead atoms. The van der Waals surface area contributed by atoms with Gasteiger partial charge in [-0.3, -0.25) is 0 Å². The molecule has 0 aromatic rings. The van der Waals surface area contributed by atoms with Crippen LogP contribution < -0.4 is 0 Å². The summed E-state index contributed by atoms with van der Waals surface area (Å²) in [6.07, 6.45) is 0.581. The smallest absolute Gasteiger partial charge is 0.330 e. The molecule has 2 atom stereocenters. The largest absolute Gasteiger partial charge is 0.480 e. The van der Waals surface area contributed by atoms with Gasteiger partial charge in [0, 0.05) is 0 Å². The number of hydrogen-bond donors (Lipinski definition) is 1. The van der Waals surface area contributed by atoms with E-state index in [1.54, 1.807) is 13.8 Å². The lowest BCUT2D eigenvalue weighted by molar-refractivity contribution is -0.139. The van der Waals surface area contributed by atoms with E-state index in [0.29, 0.717) is 6.42 Å². The number of nitrogens with zero attached hydrogens (tertiary/aromatic N) is 1. The van der Waals surface area contributed by atoms with E-state index in [2.05, 4.69) is 4.36 Å². The van der Waals surface area contributed by atoms with Crippen LogP contribution in [0.15, 0.2) is 4.36 Å². The number of carboxylic acid groups (broad SMARTS) is 1. The first-order valence-electron chi connectivity index (χ1n) is 3.52. The lowest BCUT2D eigenvalue weighted by atomic mass is 10.0. The quantitative estimate of drug-likeness (QED) is 0.706. The molecule has 0 aliphatic carbocycles. The van der Waals surface area contributed by atoms with E-state index in [9.17, 15) is 13.2 Å². The van der Waals surface area contributed by atoms with Crippen molar-refractivity contribution in [3.63, 3.8) is 0 Å². The lowest BCUT2D eigenvalue weighted by Crippen LogP contribution is -2.25. The predicted octanol–water partition coefficient (Wildman–Crippen LogP) is 0.548. The first kappa shape index (κ1) is 11.1. The molecule has 0 aliphatic rings. The Morgan fingerprint density at radius 2 is 2.08 bits per heavy atom. The van der Waals surface area contributed by atoms with E-state index < -0.39 is 22.5 Å². The van der Waals surface area contributed by atoms with Crippen molar-refractivity contribution in [3.05, 3.63) is 0 Å². The van der Waals surface area contributed by atoms with Crippen LogP contribution in [-0.4, -0.2) is 25.5 Å². The minimum atomic E-state index is -2.64. The molecule has 5 nitrogen and oxygen atoms in total. The maximum absolute atomic E-state index is 10.5. The molecule has 1 N–H and O–H groups in total. The first-order valence-corrected chi connectivity index (χ1v) is 4.55. The zero-order valence-electron chi connectivity index (χ0n) is 6.89. The van der Waals surface area contributed by atoms with E-state index >= 15 is 0 Å². The Balaban J connectivity index is 4.68. The third-order valence-electron chi connectivity index (χ3n) is 1.64. The van der Waals surface area contributed by atoms with Crippen molar-refractivity contribution in [3.8, 4) is 0 Å². The summed E-state index contributed by atoms with van der Waals surface area (Å²) in [5.74, 6) is -1.46. The van der Waals surface area contributed by atoms with Gasteiger partial charge in [-0.2, -0.15) is 12.8 Å². The molecule has 6 heteroatoms. The van der Waals surface area contributed by atoms with E-state index in [1.165, 1.54) is 0 Å². The molecular weight excluding hydrogens is 182 g/mol. The van der Waals surface area contributed by atoms with Crippen molar-refractivity contribution < 1.29 is 18.3 Å². The average molecular weight is 193 g/mol. The third kappa shape index (κ3) is 3.47. The second-order valence-corrected chi connectivity index (χ2v) is 3.14. The SMILES string of the molecule is CCC(C)C(N=S(=O)=O)C(=O)O. The van der Waals surface area contributed by atoms with Crippen molar-refractivity contribution in [1.82, 2.24) is 0 Å². The van der Waals surface area contributed by atoms with Gasteiger partial charge in [-0.25, -0.2) is 4.79 Å². The normalized spacial score (nSPS) is 14.8. The summed E-state index contributed by atoms with van der Waals surface area (Å²) < 4.78 is 23.3. The molecule has 0 radical (unpaired) electrons. The van der Waals surface area contributed by atoms with Crippen molar-refractivity contribution in [2.24, 2.45) is 10.3 Å². The number of carbonyl (C=O) groups is 1. The minimum absolute atomic E-state index is 0.264. The lowest BCUT2D eigenvalue weighted by Gasteiger charge is -2.10. The summed E-state index contributed by atoms with van der Waals surface area (Å²) in [4.78, 5) is 10.5. The standard InChI is InChI=1S/C6H11NO4S/c1-3-4(2)5(6(8)9)7-12(10)11/h4-5H,3H2,1-2H3,(H,8,9). The Bertz CT molecular complexity index is 274. The molecule has 0 aromatic carbocycles. The van der Waals surface area contributed by atoms with Gasteiger partial charge in [0.05, 0.1) is 0 Å². The Hall–Kier alpha value is -0.910. The van der Waals surface area contributed by atoms with Crippen LogP contribution in [0, 0.1) is 5.92 Å². The number of rotatable bonds is 4. The molecule has 0 saturated heterocycles. The maximum Gasteiger partial charge on any atom is 0.330 e. The fourth-order valence-electron chi connectivity index (χ4n) is 0.708. The molecule has 0 saturated carbocycles. The van der Waals surface area contributed by atoms with Crippen LogP contribution in [0.1, 0.15) is 20.3 Å². The summed E-state index contributed by atoms with van der Waals surface area (Å²) >= 11 is 0. The molecule has 0 amide bonds. The van der Waals surface area contributed by atoms with Crippen molar-refractivity contribution in [2.75, 3.05) is 0 Å². The minimum Gasteiger partial charge on any atom is -0.480 e. The van der Waals surface area contributed by atoms with Crippen molar-refractivity contribution in [2.45, 2.75) is 26.3 Å². The summed E-state index contributed by atoms with van der Waals surface area (Å²) in [7, 11) is -2.64. The van der Waals surface area contributed by atoms with E-state index in [1.807, 2.05) is 0 Å². The fourth-order valence-corrected chi connectivity index (χ4v) is 1.19. The number of hydrogen-bond acceptors (Lipinski definition) is 4. The maximum atomic E-state index is 10.5. The van der Waals surface area contributed by atoms with Crippen LogP contribution in [0.2, 0.25) is 0 Å². The summed E-state index contributed by atoms with van der Waals surface area (Å²) in [6, 6.07) is -1.15. The molecular formula is C6H11NO4S. The molecule has 0 spiro atoms. The highest BCUT2D eigenvalue weighted by Gasteiger charge is 2.22. The zero-order valence-corrected chi connectivity index (χ0v) is 7.71. The highest BCUT2D eigenvalue weighted by molar-refractivity contribution is 7.61. The van der Waals surface area contributed by atoms with Gasteiger partial charge >= 0.3 is 16.5 Å². The Kier molecular flexibility index (Phi) is 4.50. The van der Waals surface area contributed by atoms with Gasteiger partial charge < -0.3 is 5.11 Å². The monoisotopic (exact) mass is 193 g/mol. The van der Waals surface area contributed by atoms with Crippen LogP contribution in [0.25, 0.3) is 0 Å². The van der Waals surface area contributed by atoms with E-state index in [-0.39, 0.29) is 5.92 Å². The van der Waals surface area contributed by atoms with Gasteiger partial charge in [-0.15, -0.1) is 0 Å². The van der Waals surface area contributed by atoms with Crippen LogP contribution in [-0.2, 0) is 15.3 Å². The van der Waals surface area contributed by atoms with E-state index in [0.717, 1.165) is 0 Å². The Morgan fingerprint density at radius 3 is 2.33 bits per heavy atom. The highest BCUT2D eigenvalue weighted by atomic mass is 32.2. The van der Waals surface area contributed by atoms with Gasteiger partial charge in [0.25, 0.3) is 0 Å². The predicted molar refractivity (Wildman–Crippen MR) is 42.2 cm³/mol. The Morgan fingerprint density at radius 1 is 1.58 bits per heavy atom.